The number of carbonyl (C=O) groups excluding carboxylic acids is 1. The second kappa shape index (κ2) is 6.89. The van der Waals surface area contributed by atoms with Gasteiger partial charge >= 0.3 is 28.0 Å². The first kappa shape index (κ1) is 17.4. The van der Waals surface area contributed by atoms with E-state index in [0.717, 1.165) is 6.26 Å². The van der Waals surface area contributed by atoms with Crippen molar-refractivity contribution in [2.75, 3.05) is 6.26 Å². The van der Waals surface area contributed by atoms with E-state index in [9.17, 15) is 22.8 Å². The van der Waals surface area contributed by atoms with Gasteiger partial charge in [-0.15, -0.1) is 0 Å². The highest BCUT2D eigenvalue weighted by Gasteiger charge is 2.23. The lowest BCUT2D eigenvalue weighted by Crippen LogP contribution is -2.45. The van der Waals surface area contributed by atoms with Crippen molar-refractivity contribution in [3.05, 3.63) is 29.8 Å². The molecule has 1 rings (SSSR count). The molecule has 0 unspecified atom stereocenters. The van der Waals surface area contributed by atoms with Gasteiger partial charge in [0.25, 0.3) is 0 Å². The molecule has 120 valence electrons. The Balaban J connectivity index is 2.80. The third-order valence-corrected chi connectivity index (χ3v) is 2.90. The van der Waals surface area contributed by atoms with Crippen molar-refractivity contribution in [3.8, 4) is 5.75 Å². The van der Waals surface area contributed by atoms with Gasteiger partial charge in [-0.05, 0) is 17.7 Å². The number of benzene rings is 1. The highest BCUT2D eigenvalue weighted by molar-refractivity contribution is 7.86. The second-order valence-corrected chi connectivity index (χ2v) is 5.88. The van der Waals surface area contributed by atoms with Gasteiger partial charge in [0.1, 0.15) is 11.8 Å². The molecule has 0 heterocycles. The van der Waals surface area contributed by atoms with E-state index < -0.39 is 34.0 Å². The topological polar surface area (TPSA) is 147 Å². The van der Waals surface area contributed by atoms with E-state index in [1.54, 1.807) is 0 Å². The Morgan fingerprint density at radius 3 is 2.14 bits per heavy atom. The molecular formula is C12H13NO8S. The Bertz CT molecular complexity index is 680. The molecular weight excluding hydrogens is 318 g/mol. The lowest BCUT2D eigenvalue weighted by atomic mass is 10.1. The molecule has 1 amide bonds. The first-order valence-electron chi connectivity index (χ1n) is 5.83. The molecule has 9 nitrogen and oxygen atoms in total. The van der Waals surface area contributed by atoms with Crippen LogP contribution in [0.3, 0.4) is 0 Å². The Labute approximate surface area is 125 Å². The molecule has 0 aromatic heterocycles. The van der Waals surface area contributed by atoms with E-state index in [2.05, 4.69) is 4.18 Å². The van der Waals surface area contributed by atoms with Gasteiger partial charge in [0.15, 0.2) is 0 Å². The molecule has 10 heteroatoms. The van der Waals surface area contributed by atoms with Crippen LogP contribution in [0.25, 0.3) is 0 Å². The molecule has 1 aromatic rings. The smallest absolute Gasteiger partial charge is 0.394 e. The molecule has 0 fully saturated rings. The maximum atomic E-state index is 11.0. The minimum absolute atomic E-state index is 0.0488. The predicted molar refractivity (Wildman–Crippen MR) is 72.8 cm³/mol. The number of rotatable bonds is 6. The van der Waals surface area contributed by atoms with Gasteiger partial charge in [-0.1, -0.05) is 12.1 Å². The van der Waals surface area contributed by atoms with Crippen LogP contribution < -0.4 is 9.50 Å². The highest BCUT2D eigenvalue weighted by Crippen LogP contribution is 2.15. The molecule has 1 atom stereocenters. The summed E-state index contributed by atoms with van der Waals surface area (Å²) >= 11 is 0. The lowest BCUT2D eigenvalue weighted by molar-refractivity contribution is -0.152. The van der Waals surface area contributed by atoms with Crippen molar-refractivity contribution in [2.24, 2.45) is 0 Å². The standard InChI is InChI=1S/C12H13NO8S/c1-22(19,20)21-8-4-2-7(3-5-8)6-9(11(15)16)13-10(14)12(17)18/h2-5,9H,6H2,1H3,(H,13,14)(H,15,16)(H,17,18)/t9-/m1/s1. The summed E-state index contributed by atoms with van der Waals surface area (Å²) < 4.78 is 26.5. The van der Waals surface area contributed by atoms with Crippen molar-refractivity contribution in [2.45, 2.75) is 12.5 Å². The van der Waals surface area contributed by atoms with E-state index in [-0.39, 0.29) is 12.2 Å². The Kier molecular flexibility index (Phi) is 5.46. The maximum Gasteiger partial charge on any atom is 0.394 e. The summed E-state index contributed by atoms with van der Waals surface area (Å²) in [6.07, 6.45) is 0.705. The average Bonchev–Trinajstić information content (AvgIpc) is 2.38. The van der Waals surface area contributed by atoms with Crippen LogP contribution in [0.15, 0.2) is 24.3 Å². The summed E-state index contributed by atoms with van der Waals surface area (Å²) in [6.45, 7) is 0. The molecule has 0 aliphatic rings. The molecule has 3 N–H and O–H groups in total. The number of nitrogens with one attached hydrogen (secondary N) is 1. The number of aliphatic carboxylic acids is 2. The molecule has 0 aliphatic carbocycles. The van der Waals surface area contributed by atoms with Crippen molar-refractivity contribution in [3.63, 3.8) is 0 Å². The van der Waals surface area contributed by atoms with E-state index in [4.69, 9.17) is 10.2 Å². The minimum atomic E-state index is -3.67. The molecule has 0 spiro atoms. The molecule has 0 radical (unpaired) electrons. The number of hydrogen-bond donors (Lipinski definition) is 3. The molecule has 0 saturated carbocycles. The monoisotopic (exact) mass is 331 g/mol. The van der Waals surface area contributed by atoms with Gasteiger partial charge in [-0.2, -0.15) is 8.42 Å². The minimum Gasteiger partial charge on any atom is -0.480 e. The van der Waals surface area contributed by atoms with E-state index in [1.165, 1.54) is 24.3 Å². The summed E-state index contributed by atoms with van der Waals surface area (Å²) in [5.41, 5.74) is 0.443. The largest absolute Gasteiger partial charge is 0.480 e. The zero-order chi connectivity index (χ0) is 16.9. The number of carbonyl (C=O) groups is 3. The molecule has 22 heavy (non-hydrogen) atoms. The van der Waals surface area contributed by atoms with E-state index in [1.807, 2.05) is 5.32 Å². The Morgan fingerprint density at radius 2 is 1.73 bits per heavy atom. The summed E-state index contributed by atoms with van der Waals surface area (Å²) in [4.78, 5) is 32.4. The van der Waals surface area contributed by atoms with Crippen LogP contribution in [0.1, 0.15) is 5.56 Å². The van der Waals surface area contributed by atoms with Gasteiger partial charge < -0.3 is 19.7 Å². The maximum absolute atomic E-state index is 11.0. The van der Waals surface area contributed by atoms with Crippen molar-refractivity contribution in [1.29, 1.82) is 0 Å². The molecule has 0 bridgehead atoms. The predicted octanol–water partition coefficient (Wildman–Crippen LogP) is -0.778. The van der Waals surface area contributed by atoms with Gasteiger partial charge in [0, 0.05) is 6.42 Å². The number of carboxylic acids is 2. The zero-order valence-electron chi connectivity index (χ0n) is 11.3. The summed E-state index contributed by atoms with van der Waals surface area (Å²) in [6, 6.07) is 4.01. The third-order valence-electron chi connectivity index (χ3n) is 2.41. The van der Waals surface area contributed by atoms with Gasteiger partial charge in [-0.3, -0.25) is 4.79 Å². The second-order valence-electron chi connectivity index (χ2n) is 4.30. The lowest BCUT2D eigenvalue weighted by Gasteiger charge is -2.13. The average molecular weight is 331 g/mol. The number of carboxylic acid groups (broad SMARTS) is 2. The fourth-order valence-corrected chi connectivity index (χ4v) is 1.97. The van der Waals surface area contributed by atoms with Gasteiger partial charge in [-0.25, -0.2) is 9.59 Å². The van der Waals surface area contributed by atoms with Crippen molar-refractivity contribution < 1.29 is 37.2 Å². The number of hydrogen-bond acceptors (Lipinski definition) is 6. The Morgan fingerprint density at radius 1 is 1.18 bits per heavy atom. The summed E-state index contributed by atoms with van der Waals surface area (Å²) in [5, 5.41) is 19.3. The van der Waals surface area contributed by atoms with Gasteiger partial charge in [0.2, 0.25) is 0 Å². The Hall–Kier alpha value is -2.62. The van der Waals surface area contributed by atoms with Crippen LogP contribution >= 0.6 is 0 Å². The summed E-state index contributed by atoms with van der Waals surface area (Å²) in [5.74, 6) is -4.56. The third kappa shape index (κ3) is 5.79. The molecule has 0 saturated heterocycles. The van der Waals surface area contributed by atoms with Gasteiger partial charge in [0.05, 0.1) is 6.26 Å². The summed E-state index contributed by atoms with van der Waals surface area (Å²) in [7, 11) is -3.67. The van der Waals surface area contributed by atoms with Crippen LogP contribution in [-0.2, 0) is 30.9 Å². The van der Waals surface area contributed by atoms with E-state index in [0.29, 0.717) is 5.56 Å². The first-order chi connectivity index (χ1) is 10.1. The van der Waals surface area contributed by atoms with Crippen LogP contribution in [0.4, 0.5) is 0 Å². The molecule has 1 aromatic carbocycles. The van der Waals surface area contributed by atoms with Crippen molar-refractivity contribution >= 4 is 28.0 Å². The highest BCUT2D eigenvalue weighted by atomic mass is 32.2. The van der Waals surface area contributed by atoms with Crippen molar-refractivity contribution in [1.82, 2.24) is 5.32 Å². The SMILES string of the molecule is CS(=O)(=O)Oc1ccc(C[C@@H](NC(=O)C(=O)O)C(=O)O)cc1. The molecule has 0 aliphatic heterocycles. The number of amides is 1. The normalized spacial score (nSPS) is 12.2. The first-order valence-corrected chi connectivity index (χ1v) is 7.65. The fourth-order valence-electron chi connectivity index (χ4n) is 1.51. The zero-order valence-corrected chi connectivity index (χ0v) is 12.2. The van der Waals surface area contributed by atoms with Crippen LogP contribution in [0.5, 0.6) is 5.75 Å². The quantitative estimate of drug-likeness (QED) is 0.454. The van der Waals surface area contributed by atoms with Crippen LogP contribution in [-0.4, -0.2) is 48.8 Å². The van der Waals surface area contributed by atoms with E-state index >= 15 is 0 Å². The fraction of sp³-hybridized carbons (Fsp3) is 0.250. The van der Waals surface area contributed by atoms with Crippen LogP contribution in [0, 0.1) is 0 Å². The van der Waals surface area contributed by atoms with Crippen LogP contribution in [0.2, 0.25) is 0 Å².